The molecule has 0 saturated carbocycles. The minimum absolute atomic E-state index is 0.0138. The molecule has 1 N–H and O–H groups in total. The monoisotopic (exact) mass is 461 g/mol. The molecule has 0 aliphatic carbocycles. The SMILES string of the molecule is CCOC(=O)[C@@H]1CCCN(C(=O)[C@H]2CC[C@@H](c3ccc(F)c(C)c3)N(C(=O)NC(C)C)C2)C1. The van der Waals surface area contributed by atoms with E-state index in [1.165, 1.54) is 6.07 Å². The van der Waals surface area contributed by atoms with Gasteiger partial charge in [0, 0.05) is 25.7 Å². The summed E-state index contributed by atoms with van der Waals surface area (Å²) in [5.41, 5.74) is 1.41. The molecule has 3 rings (SSSR count). The molecule has 0 radical (unpaired) electrons. The summed E-state index contributed by atoms with van der Waals surface area (Å²) < 4.78 is 19.0. The van der Waals surface area contributed by atoms with Gasteiger partial charge in [0.15, 0.2) is 0 Å². The van der Waals surface area contributed by atoms with Crippen LogP contribution in [0, 0.1) is 24.6 Å². The van der Waals surface area contributed by atoms with Crippen molar-refractivity contribution in [1.82, 2.24) is 15.1 Å². The molecule has 33 heavy (non-hydrogen) atoms. The van der Waals surface area contributed by atoms with E-state index in [2.05, 4.69) is 5.32 Å². The van der Waals surface area contributed by atoms with E-state index >= 15 is 0 Å². The molecule has 1 aromatic rings. The van der Waals surface area contributed by atoms with Crippen LogP contribution >= 0.6 is 0 Å². The molecule has 2 fully saturated rings. The zero-order valence-corrected chi connectivity index (χ0v) is 20.1. The lowest BCUT2D eigenvalue weighted by Crippen LogP contribution is -2.53. The number of carbonyl (C=O) groups excluding carboxylic acids is 3. The normalized spacial score (nSPS) is 23.4. The Morgan fingerprint density at radius 1 is 1.15 bits per heavy atom. The third kappa shape index (κ3) is 6.03. The van der Waals surface area contributed by atoms with Crippen LogP contribution < -0.4 is 5.32 Å². The highest BCUT2D eigenvalue weighted by molar-refractivity contribution is 5.82. The number of ether oxygens (including phenoxy) is 1. The van der Waals surface area contributed by atoms with Gasteiger partial charge in [-0.1, -0.05) is 12.1 Å². The Morgan fingerprint density at radius 2 is 1.91 bits per heavy atom. The maximum atomic E-state index is 13.8. The largest absolute Gasteiger partial charge is 0.466 e. The van der Waals surface area contributed by atoms with Gasteiger partial charge in [-0.2, -0.15) is 0 Å². The number of likely N-dealkylation sites (tertiary alicyclic amines) is 2. The van der Waals surface area contributed by atoms with Gasteiger partial charge < -0.3 is 19.9 Å². The predicted octanol–water partition coefficient (Wildman–Crippen LogP) is 3.81. The van der Waals surface area contributed by atoms with Gasteiger partial charge in [-0.25, -0.2) is 9.18 Å². The summed E-state index contributed by atoms with van der Waals surface area (Å²) in [5, 5.41) is 2.94. The maximum absolute atomic E-state index is 13.8. The number of nitrogens with zero attached hydrogens (tertiary/aromatic N) is 2. The van der Waals surface area contributed by atoms with Crippen molar-refractivity contribution in [3.05, 3.63) is 35.1 Å². The molecule has 1 aromatic carbocycles. The van der Waals surface area contributed by atoms with Crippen LogP contribution in [0.2, 0.25) is 0 Å². The molecule has 2 saturated heterocycles. The number of hydrogen-bond acceptors (Lipinski definition) is 4. The van der Waals surface area contributed by atoms with E-state index in [-0.39, 0.29) is 47.6 Å². The molecule has 2 heterocycles. The summed E-state index contributed by atoms with van der Waals surface area (Å²) in [4.78, 5) is 42.1. The fourth-order valence-corrected chi connectivity index (χ4v) is 4.84. The number of halogens is 1. The molecule has 0 bridgehead atoms. The number of esters is 1. The van der Waals surface area contributed by atoms with Crippen molar-refractivity contribution in [2.24, 2.45) is 11.8 Å². The molecule has 7 nitrogen and oxygen atoms in total. The first kappa shape index (κ1) is 25.0. The van der Waals surface area contributed by atoms with Crippen LogP contribution in [-0.2, 0) is 14.3 Å². The van der Waals surface area contributed by atoms with E-state index < -0.39 is 0 Å². The van der Waals surface area contributed by atoms with Crippen molar-refractivity contribution in [1.29, 1.82) is 0 Å². The van der Waals surface area contributed by atoms with Crippen molar-refractivity contribution in [2.45, 2.75) is 65.5 Å². The Labute approximate surface area is 195 Å². The average molecular weight is 462 g/mol. The lowest BCUT2D eigenvalue weighted by molar-refractivity contribution is -0.152. The minimum atomic E-state index is -0.332. The van der Waals surface area contributed by atoms with Gasteiger partial charge in [0.25, 0.3) is 0 Å². The second kappa shape index (κ2) is 11.0. The molecule has 2 aliphatic heterocycles. The summed E-state index contributed by atoms with van der Waals surface area (Å²) in [7, 11) is 0. The highest BCUT2D eigenvalue weighted by Crippen LogP contribution is 2.35. The maximum Gasteiger partial charge on any atom is 0.318 e. The third-order valence-corrected chi connectivity index (χ3v) is 6.52. The Bertz CT molecular complexity index is 875. The van der Waals surface area contributed by atoms with Crippen LogP contribution in [0.25, 0.3) is 0 Å². The quantitative estimate of drug-likeness (QED) is 0.677. The average Bonchev–Trinajstić information content (AvgIpc) is 2.80. The van der Waals surface area contributed by atoms with Gasteiger partial charge in [0.2, 0.25) is 5.91 Å². The zero-order valence-electron chi connectivity index (χ0n) is 20.1. The third-order valence-electron chi connectivity index (χ3n) is 6.52. The van der Waals surface area contributed by atoms with Crippen molar-refractivity contribution in [3.8, 4) is 0 Å². The van der Waals surface area contributed by atoms with Gasteiger partial charge in [-0.15, -0.1) is 0 Å². The van der Waals surface area contributed by atoms with E-state index in [0.717, 1.165) is 18.4 Å². The zero-order chi connectivity index (χ0) is 24.1. The van der Waals surface area contributed by atoms with Crippen molar-refractivity contribution in [3.63, 3.8) is 0 Å². The molecular weight excluding hydrogens is 425 g/mol. The van der Waals surface area contributed by atoms with E-state index in [1.54, 1.807) is 35.8 Å². The summed E-state index contributed by atoms with van der Waals surface area (Å²) in [6.45, 7) is 8.88. The van der Waals surface area contributed by atoms with Crippen LogP contribution in [0.3, 0.4) is 0 Å². The fourth-order valence-electron chi connectivity index (χ4n) is 4.84. The summed E-state index contributed by atoms with van der Waals surface area (Å²) in [5.74, 6) is -1.16. The first-order valence-electron chi connectivity index (χ1n) is 12.0. The predicted molar refractivity (Wildman–Crippen MR) is 123 cm³/mol. The van der Waals surface area contributed by atoms with Gasteiger partial charge in [0.1, 0.15) is 5.82 Å². The van der Waals surface area contributed by atoms with Crippen LogP contribution in [0.5, 0.6) is 0 Å². The number of nitrogens with one attached hydrogen (secondary N) is 1. The minimum Gasteiger partial charge on any atom is -0.466 e. The van der Waals surface area contributed by atoms with E-state index in [1.807, 2.05) is 13.8 Å². The number of hydrogen-bond donors (Lipinski definition) is 1. The van der Waals surface area contributed by atoms with Gasteiger partial charge >= 0.3 is 12.0 Å². The molecule has 2 aliphatic rings. The standard InChI is InChI=1S/C25H36FN3O4/c1-5-33-24(31)20-7-6-12-28(14-20)23(30)19-9-11-22(18-8-10-21(26)17(4)13-18)29(15-19)25(32)27-16(2)3/h8,10,13,16,19-20,22H,5-7,9,11-12,14-15H2,1-4H3,(H,27,32)/t19-,20+,22-/m0/s1. The molecule has 0 aromatic heterocycles. The van der Waals surface area contributed by atoms with Crippen LogP contribution in [-0.4, -0.2) is 60.0 Å². The number of urea groups is 1. The molecule has 0 spiro atoms. The Morgan fingerprint density at radius 3 is 2.58 bits per heavy atom. The lowest BCUT2D eigenvalue weighted by atomic mass is 9.87. The summed E-state index contributed by atoms with van der Waals surface area (Å²) in [6.07, 6.45) is 2.73. The van der Waals surface area contributed by atoms with Crippen molar-refractivity contribution < 1.29 is 23.5 Å². The smallest absolute Gasteiger partial charge is 0.318 e. The highest BCUT2D eigenvalue weighted by atomic mass is 19.1. The highest BCUT2D eigenvalue weighted by Gasteiger charge is 2.39. The summed E-state index contributed by atoms with van der Waals surface area (Å²) >= 11 is 0. The number of piperidine rings is 2. The fraction of sp³-hybridized carbons (Fsp3) is 0.640. The van der Waals surface area contributed by atoms with Gasteiger partial charge in [0.05, 0.1) is 24.5 Å². The van der Waals surface area contributed by atoms with E-state index in [0.29, 0.717) is 44.6 Å². The number of benzene rings is 1. The van der Waals surface area contributed by atoms with Crippen LogP contribution in [0.1, 0.15) is 63.6 Å². The molecular formula is C25H36FN3O4. The van der Waals surface area contributed by atoms with Gasteiger partial charge in [-0.05, 0) is 70.6 Å². The van der Waals surface area contributed by atoms with E-state index in [9.17, 15) is 18.8 Å². The molecule has 0 unspecified atom stereocenters. The topological polar surface area (TPSA) is 79.0 Å². The Hall–Kier alpha value is -2.64. The second-order valence-electron chi connectivity index (χ2n) is 9.43. The Balaban J connectivity index is 1.76. The van der Waals surface area contributed by atoms with Crippen LogP contribution in [0.15, 0.2) is 18.2 Å². The number of aryl methyl sites for hydroxylation is 1. The van der Waals surface area contributed by atoms with Crippen molar-refractivity contribution in [2.75, 3.05) is 26.2 Å². The number of carbonyl (C=O) groups is 3. The van der Waals surface area contributed by atoms with Crippen LogP contribution in [0.4, 0.5) is 9.18 Å². The van der Waals surface area contributed by atoms with E-state index in [4.69, 9.17) is 4.74 Å². The molecule has 182 valence electrons. The first-order valence-corrected chi connectivity index (χ1v) is 12.0. The molecule has 8 heteroatoms. The second-order valence-corrected chi connectivity index (χ2v) is 9.43. The molecule has 3 atom stereocenters. The first-order chi connectivity index (χ1) is 15.7. The van der Waals surface area contributed by atoms with Gasteiger partial charge in [-0.3, -0.25) is 9.59 Å². The lowest BCUT2D eigenvalue weighted by Gasteiger charge is -2.42. The van der Waals surface area contributed by atoms with Crippen molar-refractivity contribution >= 4 is 17.9 Å². The molecule has 3 amide bonds. The Kier molecular flexibility index (Phi) is 8.32. The summed E-state index contributed by atoms with van der Waals surface area (Å²) in [6, 6.07) is 4.45. The number of amides is 3. The number of rotatable bonds is 5.